The zero-order chi connectivity index (χ0) is 46.3. The van der Waals surface area contributed by atoms with Gasteiger partial charge in [0.1, 0.15) is 23.8 Å². The van der Waals surface area contributed by atoms with Gasteiger partial charge in [-0.1, -0.05) is 89.7 Å². The Labute approximate surface area is 373 Å². The van der Waals surface area contributed by atoms with Gasteiger partial charge in [0.2, 0.25) is 11.8 Å². The average Bonchev–Trinajstić information content (AvgIpc) is 3.63. The minimum absolute atomic E-state index is 0.0116. The predicted octanol–water partition coefficient (Wildman–Crippen LogP) is 7.57. The van der Waals surface area contributed by atoms with Crippen LogP contribution in [-0.2, 0) is 48.0 Å². The third kappa shape index (κ3) is 16.0. The smallest absolute Gasteiger partial charge is 0.429 e. The molecule has 0 bridgehead atoms. The molecular weight excluding hydrogens is 827 g/mol. The largest absolute Gasteiger partial charge is 0.444 e. The van der Waals surface area contributed by atoms with E-state index in [0.29, 0.717) is 22.8 Å². The molecule has 0 aliphatic heterocycles. The highest BCUT2D eigenvalue weighted by atomic mass is 32.1. The highest BCUT2D eigenvalue weighted by Crippen LogP contribution is 2.30. The molecule has 1 unspecified atom stereocenters. The summed E-state index contributed by atoms with van der Waals surface area (Å²) in [6.45, 7) is 17.4. The molecule has 3 N–H and O–H groups in total. The fourth-order valence-electron chi connectivity index (χ4n) is 6.17. The second-order valence-electron chi connectivity index (χ2n) is 16.6. The third-order valence-corrected chi connectivity index (χ3v) is 9.91. The molecular formula is C46H61N7O9S. The van der Waals surface area contributed by atoms with Gasteiger partial charge >= 0.3 is 18.2 Å². The van der Waals surface area contributed by atoms with Gasteiger partial charge in [-0.3, -0.25) is 14.9 Å². The summed E-state index contributed by atoms with van der Waals surface area (Å²) < 4.78 is 23.3. The maximum Gasteiger partial charge on any atom is 0.429 e. The first-order valence-corrected chi connectivity index (χ1v) is 21.5. The molecule has 0 aliphatic rings. The minimum Gasteiger partial charge on any atom is -0.444 e. The summed E-state index contributed by atoms with van der Waals surface area (Å²) in [6.07, 6.45) is -0.964. The number of benzene rings is 3. The van der Waals surface area contributed by atoms with Gasteiger partial charge in [0.15, 0.2) is 11.4 Å². The van der Waals surface area contributed by atoms with Crippen molar-refractivity contribution in [3.63, 3.8) is 0 Å². The Morgan fingerprint density at radius 1 is 0.873 bits per heavy atom. The number of rotatable bonds is 18. The van der Waals surface area contributed by atoms with E-state index in [9.17, 15) is 19.2 Å². The van der Waals surface area contributed by atoms with Crippen molar-refractivity contribution >= 4 is 56.7 Å². The normalized spacial score (nSPS) is 12.4. The number of nitrogens with zero attached hydrogens (tertiary/aromatic N) is 4. The van der Waals surface area contributed by atoms with Crippen LogP contribution in [0.5, 0.6) is 0 Å². The number of amides is 6. The number of fused-ring (bicyclic) bond motifs is 1. The SMILES string of the molecule is C=CCN(C(=O)NCc1ccccc1)N(CC(=O)N[C@@H](Cc1ccc(C)cc1)C(=O)N(Cc1cccc2sc(NC(=O)OC(C)(C)C)nc12)CC(OC)OCC)C(=O)OC(C)(C)C. The summed E-state index contributed by atoms with van der Waals surface area (Å²) in [4.78, 5) is 75.7. The van der Waals surface area contributed by atoms with Crippen molar-refractivity contribution in [3.05, 3.63) is 108 Å². The van der Waals surface area contributed by atoms with E-state index in [1.54, 1.807) is 41.5 Å². The fourth-order valence-corrected chi connectivity index (χ4v) is 7.07. The Bertz CT molecular complexity index is 2170. The number of carbonyl (C=O) groups is 5. The quantitative estimate of drug-likeness (QED) is 0.0513. The minimum atomic E-state index is -1.18. The summed E-state index contributed by atoms with van der Waals surface area (Å²) in [5, 5.41) is 10.6. The van der Waals surface area contributed by atoms with Gasteiger partial charge in [-0.25, -0.2) is 29.4 Å². The van der Waals surface area contributed by atoms with Crippen molar-refractivity contribution in [1.29, 1.82) is 0 Å². The van der Waals surface area contributed by atoms with E-state index in [1.165, 1.54) is 29.4 Å². The van der Waals surface area contributed by atoms with Crippen LogP contribution in [0.15, 0.2) is 85.5 Å². The molecule has 340 valence electrons. The Morgan fingerprint density at radius 3 is 2.17 bits per heavy atom. The third-order valence-electron chi connectivity index (χ3n) is 8.97. The van der Waals surface area contributed by atoms with E-state index in [4.69, 9.17) is 23.9 Å². The van der Waals surface area contributed by atoms with E-state index in [2.05, 4.69) is 22.5 Å². The van der Waals surface area contributed by atoms with E-state index < -0.39 is 60.1 Å². The van der Waals surface area contributed by atoms with E-state index in [0.717, 1.165) is 31.4 Å². The van der Waals surface area contributed by atoms with Gasteiger partial charge < -0.3 is 34.5 Å². The van der Waals surface area contributed by atoms with Gasteiger partial charge in [-0.05, 0) is 78.1 Å². The highest BCUT2D eigenvalue weighted by molar-refractivity contribution is 7.22. The van der Waals surface area contributed by atoms with Crippen LogP contribution in [0.2, 0.25) is 0 Å². The number of urea groups is 1. The molecule has 1 heterocycles. The summed E-state index contributed by atoms with van der Waals surface area (Å²) in [6, 6.07) is 20.4. The van der Waals surface area contributed by atoms with E-state index in [-0.39, 0.29) is 32.6 Å². The van der Waals surface area contributed by atoms with Crippen LogP contribution in [0.3, 0.4) is 0 Å². The maximum atomic E-state index is 15.0. The second-order valence-corrected chi connectivity index (χ2v) is 17.6. The number of thiazole rings is 1. The summed E-state index contributed by atoms with van der Waals surface area (Å²) in [5.41, 5.74) is 2.08. The molecule has 0 saturated carbocycles. The number of hydrazine groups is 1. The van der Waals surface area contributed by atoms with Gasteiger partial charge in [0, 0.05) is 33.2 Å². The van der Waals surface area contributed by atoms with Gasteiger partial charge in [-0.2, -0.15) is 0 Å². The number of methoxy groups -OCH3 is 1. The Morgan fingerprint density at radius 2 is 1.56 bits per heavy atom. The van der Waals surface area contributed by atoms with Crippen molar-refractivity contribution in [3.8, 4) is 0 Å². The molecule has 0 saturated heterocycles. The summed E-state index contributed by atoms with van der Waals surface area (Å²) in [7, 11) is 1.47. The van der Waals surface area contributed by atoms with Gasteiger partial charge in [0.05, 0.1) is 23.3 Å². The van der Waals surface area contributed by atoms with Crippen LogP contribution in [0.1, 0.15) is 70.7 Å². The van der Waals surface area contributed by atoms with Crippen molar-refractivity contribution < 1.29 is 42.9 Å². The monoisotopic (exact) mass is 887 g/mol. The summed E-state index contributed by atoms with van der Waals surface area (Å²) >= 11 is 1.25. The van der Waals surface area contributed by atoms with Crippen molar-refractivity contribution in [2.24, 2.45) is 0 Å². The van der Waals surface area contributed by atoms with Crippen LogP contribution < -0.4 is 16.0 Å². The van der Waals surface area contributed by atoms with Crippen LogP contribution in [0.25, 0.3) is 10.2 Å². The lowest BCUT2D eigenvalue weighted by molar-refractivity contribution is -0.154. The zero-order valence-corrected chi connectivity index (χ0v) is 38.5. The molecule has 17 heteroatoms. The molecule has 3 aromatic carbocycles. The first-order chi connectivity index (χ1) is 29.8. The number of nitrogens with one attached hydrogen (secondary N) is 3. The summed E-state index contributed by atoms with van der Waals surface area (Å²) in [5.74, 6) is -1.24. The number of hydrogen-bond acceptors (Lipinski definition) is 11. The lowest BCUT2D eigenvalue weighted by atomic mass is 10.0. The second kappa shape index (κ2) is 22.9. The molecule has 0 fully saturated rings. The molecule has 1 aromatic heterocycles. The molecule has 4 aromatic rings. The Hall–Kier alpha value is -6.04. The molecule has 4 rings (SSSR count). The van der Waals surface area contributed by atoms with Crippen molar-refractivity contribution in [1.82, 2.24) is 30.5 Å². The number of aryl methyl sites for hydroxylation is 1. The topological polar surface area (TPSA) is 181 Å². The van der Waals surface area contributed by atoms with Crippen LogP contribution in [-0.4, -0.2) is 107 Å². The van der Waals surface area contributed by atoms with Crippen LogP contribution >= 0.6 is 11.3 Å². The predicted molar refractivity (Wildman–Crippen MR) is 243 cm³/mol. The Balaban J connectivity index is 1.70. The Kier molecular flexibility index (Phi) is 18.0. The lowest BCUT2D eigenvalue weighted by Crippen LogP contribution is -2.58. The van der Waals surface area contributed by atoms with Crippen LogP contribution in [0.4, 0.5) is 19.5 Å². The highest BCUT2D eigenvalue weighted by Gasteiger charge is 2.34. The molecule has 63 heavy (non-hydrogen) atoms. The first kappa shape index (κ1) is 49.6. The fraction of sp³-hybridized carbons (Fsp3) is 0.435. The lowest BCUT2D eigenvalue weighted by Gasteiger charge is -2.35. The van der Waals surface area contributed by atoms with Gasteiger partial charge in [0.25, 0.3) is 0 Å². The first-order valence-electron chi connectivity index (χ1n) is 20.7. The van der Waals surface area contributed by atoms with E-state index in [1.807, 2.05) is 86.6 Å². The molecule has 0 aliphatic carbocycles. The molecule has 0 spiro atoms. The number of hydrogen-bond donors (Lipinski definition) is 3. The number of aromatic nitrogens is 1. The number of carbonyl (C=O) groups excluding carboxylic acids is 5. The average molecular weight is 888 g/mol. The number of anilines is 1. The van der Waals surface area contributed by atoms with Gasteiger partial charge in [-0.15, -0.1) is 6.58 Å². The van der Waals surface area contributed by atoms with E-state index >= 15 is 4.79 Å². The molecule has 0 radical (unpaired) electrons. The maximum absolute atomic E-state index is 15.0. The van der Waals surface area contributed by atoms with Crippen LogP contribution in [0, 0.1) is 6.92 Å². The van der Waals surface area contributed by atoms with Crippen molar-refractivity contribution in [2.45, 2.75) is 98.4 Å². The molecule has 6 amide bonds. The molecule has 2 atom stereocenters. The number of para-hydroxylation sites is 1. The van der Waals surface area contributed by atoms with Crippen molar-refractivity contribution in [2.75, 3.05) is 38.7 Å². The zero-order valence-electron chi connectivity index (χ0n) is 37.7. The number of ether oxygens (including phenoxy) is 4. The standard InChI is InChI=1S/C46H61N7O9S/c1-11-25-52(42(56)47-27-33-17-14-13-15-18-33)53(44(58)62-46(7,8)9)29-37(54)48-35(26-32-23-21-31(3)22-24-32)40(55)51(30-38(59-10)60-12-2)28-34-19-16-20-36-39(34)49-41(63-36)50-43(57)61-45(4,5)6/h11,13-24,35,38H,1,12,25-30H2,2-10H3,(H,47,56)(H,48,54)(H,49,50,57)/t35-,38?/m0/s1. The molecule has 16 nitrogen and oxygen atoms in total.